The van der Waals surface area contributed by atoms with Crippen LogP contribution in [0.25, 0.3) is 0 Å². The van der Waals surface area contributed by atoms with Crippen LogP contribution in [0, 0.1) is 0 Å². The second-order valence-corrected chi connectivity index (χ2v) is 5.90. The molecule has 1 aromatic rings. The van der Waals surface area contributed by atoms with Crippen LogP contribution in [0.3, 0.4) is 0 Å². The molecule has 5 heteroatoms. The molecule has 0 aliphatic heterocycles. The van der Waals surface area contributed by atoms with Crippen LogP contribution in [0.15, 0.2) is 22.7 Å². The summed E-state index contributed by atoms with van der Waals surface area (Å²) in [7, 11) is 1.54. The van der Waals surface area contributed by atoms with Crippen molar-refractivity contribution < 1.29 is 9.53 Å². The smallest absolute Gasteiger partial charge is 0.255 e. The zero-order chi connectivity index (χ0) is 13.7. The van der Waals surface area contributed by atoms with Gasteiger partial charge in [-0.2, -0.15) is 0 Å². The van der Waals surface area contributed by atoms with Gasteiger partial charge < -0.3 is 10.1 Å². The number of nitrogens with one attached hydrogen (secondary N) is 1. The molecule has 1 amide bonds. The summed E-state index contributed by atoms with van der Waals surface area (Å²) in [5.41, 5.74) is 0.523. The normalized spacial score (nSPS) is 13.8. The Labute approximate surface area is 121 Å². The molecule has 0 fully saturated rings. The predicted molar refractivity (Wildman–Crippen MR) is 77.6 cm³/mol. The summed E-state index contributed by atoms with van der Waals surface area (Å²) >= 11 is 9.24. The molecule has 0 aromatic heterocycles. The van der Waals surface area contributed by atoms with Crippen LogP contribution in [0.2, 0.25) is 0 Å². The van der Waals surface area contributed by atoms with E-state index < -0.39 is 0 Å². The summed E-state index contributed by atoms with van der Waals surface area (Å²) in [6.07, 6.45) is 0.728. The van der Waals surface area contributed by atoms with E-state index in [1.165, 1.54) is 0 Å². The fourth-order valence-corrected chi connectivity index (χ4v) is 2.31. The number of methoxy groups -OCH3 is 1. The highest BCUT2D eigenvalue weighted by Gasteiger charge is 2.15. The van der Waals surface area contributed by atoms with Crippen molar-refractivity contribution in [1.82, 2.24) is 5.32 Å². The molecule has 0 saturated carbocycles. The fraction of sp³-hybridized carbons (Fsp3) is 0.462. The Kier molecular flexibility index (Phi) is 5.96. The minimum atomic E-state index is -0.149. The Morgan fingerprint density at radius 2 is 2.17 bits per heavy atom. The van der Waals surface area contributed by atoms with Crippen LogP contribution in [0.5, 0.6) is 5.75 Å². The molecule has 3 nitrogen and oxygen atoms in total. The highest BCUT2D eigenvalue weighted by molar-refractivity contribution is 9.10. The van der Waals surface area contributed by atoms with Gasteiger partial charge in [-0.1, -0.05) is 15.9 Å². The largest absolute Gasteiger partial charge is 0.496 e. The molecule has 2 unspecified atom stereocenters. The third-order valence-electron chi connectivity index (χ3n) is 2.46. The number of alkyl halides is 1. The number of hydrogen-bond donors (Lipinski definition) is 1. The van der Waals surface area contributed by atoms with E-state index in [9.17, 15) is 4.79 Å². The molecule has 0 spiro atoms. The van der Waals surface area contributed by atoms with Gasteiger partial charge in [-0.3, -0.25) is 4.79 Å². The van der Waals surface area contributed by atoms with Gasteiger partial charge in [-0.15, -0.1) is 11.6 Å². The third-order valence-corrected chi connectivity index (χ3v) is 3.14. The number of hydrogen-bond acceptors (Lipinski definition) is 2. The van der Waals surface area contributed by atoms with Gasteiger partial charge in [0, 0.05) is 15.9 Å². The van der Waals surface area contributed by atoms with Gasteiger partial charge in [-0.25, -0.2) is 0 Å². The highest BCUT2D eigenvalue weighted by Crippen LogP contribution is 2.23. The van der Waals surface area contributed by atoms with Crippen LogP contribution in [0.1, 0.15) is 30.6 Å². The van der Waals surface area contributed by atoms with Crippen LogP contribution >= 0.6 is 27.5 Å². The third kappa shape index (κ3) is 4.50. The lowest BCUT2D eigenvalue weighted by Gasteiger charge is -2.16. The van der Waals surface area contributed by atoms with E-state index in [4.69, 9.17) is 16.3 Å². The first-order valence-corrected chi connectivity index (χ1v) is 6.95. The van der Waals surface area contributed by atoms with Gasteiger partial charge in [0.2, 0.25) is 0 Å². The minimum absolute atomic E-state index is 0.0263. The Morgan fingerprint density at radius 3 is 2.72 bits per heavy atom. The standard InChI is InChI=1S/C13H17BrClNO2/c1-8(15)6-9(2)16-13(17)11-5-4-10(14)7-12(11)18-3/h4-5,7-9H,6H2,1-3H3,(H,16,17). The maximum Gasteiger partial charge on any atom is 0.255 e. The lowest BCUT2D eigenvalue weighted by molar-refractivity contribution is 0.0935. The molecule has 100 valence electrons. The topological polar surface area (TPSA) is 38.3 Å². The van der Waals surface area contributed by atoms with Crippen molar-refractivity contribution in [3.8, 4) is 5.75 Å². The molecule has 0 aliphatic carbocycles. The molecule has 18 heavy (non-hydrogen) atoms. The van der Waals surface area contributed by atoms with Crippen molar-refractivity contribution in [1.29, 1.82) is 0 Å². The fourth-order valence-electron chi connectivity index (χ4n) is 1.70. The van der Waals surface area contributed by atoms with Gasteiger partial charge in [0.1, 0.15) is 5.75 Å². The number of amides is 1. The molecule has 2 atom stereocenters. The Hall–Kier alpha value is -0.740. The molecule has 0 bridgehead atoms. The Morgan fingerprint density at radius 1 is 1.50 bits per heavy atom. The first-order chi connectivity index (χ1) is 8.43. The van der Waals surface area contributed by atoms with E-state index in [0.29, 0.717) is 11.3 Å². The summed E-state index contributed by atoms with van der Waals surface area (Å²) < 4.78 is 6.07. The molecular formula is C13H17BrClNO2. The second kappa shape index (κ2) is 7.00. The summed E-state index contributed by atoms with van der Waals surface area (Å²) in [6.45, 7) is 3.84. The average Bonchev–Trinajstić information content (AvgIpc) is 2.27. The number of carbonyl (C=O) groups excluding carboxylic acids is 1. The summed E-state index contributed by atoms with van der Waals surface area (Å²) in [6, 6.07) is 5.34. The van der Waals surface area contributed by atoms with Gasteiger partial charge in [0.05, 0.1) is 12.7 Å². The van der Waals surface area contributed by atoms with Gasteiger partial charge in [-0.05, 0) is 38.5 Å². The number of rotatable bonds is 5. The van der Waals surface area contributed by atoms with E-state index in [2.05, 4.69) is 21.2 Å². The van der Waals surface area contributed by atoms with E-state index in [-0.39, 0.29) is 17.3 Å². The monoisotopic (exact) mass is 333 g/mol. The van der Waals surface area contributed by atoms with E-state index >= 15 is 0 Å². The highest BCUT2D eigenvalue weighted by atomic mass is 79.9. The van der Waals surface area contributed by atoms with Crippen molar-refractivity contribution in [2.45, 2.75) is 31.7 Å². The van der Waals surface area contributed by atoms with Gasteiger partial charge >= 0.3 is 0 Å². The number of halogens is 2. The lowest BCUT2D eigenvalue weighted by Crippen LogP contribution is -2.34. The quantitative estimate of drug-likeness (QED) is 0.836. The molecule has 0 aliphatic rings. The molecule has 1 rings (SSSR count). The van der Waals surface area contributed by atoms with Crippen molar-refractivity contribution in [2.75, 3.05) is 7.11 Å². The first kappa shape index (κ1) is 15.3. The summed E-state index contributed by atoms with van der Waals surface area (Å²) in [5, 5.41) is 2.94. The van der Waals surface area contributed by atoms with Crippen molar-refractivity contribution >= 4 is 33.4 Å². The molecule has 1 N–H and O–H groups in total. The van der Waals surface area contributed by atoms with Crippen LogP contribution in [-0.2, 0) is 0 Å². The van der Waals surface area contributed by atoms with E-state index in [1.54, 1.807) is 19.2 Å². The number of carbonyl (C=O) groups is 1. The van der Waals surface area contributed by atoms with Crippen molar-refractivity contribution in [3.05, 3.63) is 28.2 Å². The zero-order valence-corrected chi connectivity index (χ0v) is 13.0. The number of benzene rings is 1. The van der Waals surface area contributed by atoms with Crippen LogP contribution < -0.4 is 10.1 Å². The summed E-state index contributed by atoms with van der Waals surface area (Å²) in [5.74, 6) is 0.400. The maximum absolute atomic E-state index is 12.1. The van der Waals surface area contributed by atoms with Crippen LogP contribution in [-0.4, -0.2) is 24.4 Å². The molecular weight excluding hydrogens is 318 g/mol. The van der Waals surface area contributed by atoms with Gasteiger partial charge in [0.15, 0.2) is 0 Å². The molecule has 0 saturated heterocycles. The zero-order valence-electron chi connectivity index (χ0n) is 10.7. The van der Waals surface area contributed by atoms with Crippen LogP contribution in [0.4, 0.5) is 0 Å². The molecule has 1 aromatic carbocycles. The van der Waals surface area contributed by atoms with Gasteiger partial charge in [0.25, 0.3) is 5.91 Å². The van der Waals surface area contributed by atoms with Crippen molar-refractivity contribution in [2.24, 2.45) is 0 Å². The SMILES string of the molecule is COc1cc(Br)ccc1C(=O)NC(C)CC(C)Cl. The van der Waals surface area contributed by atoms with E-state index in [0.717, 1.165) is 10.9 Å². The first-order valence-electron chi connectivity index (χ1n) is 5.72. The lowest BCUT2D eigenvalue weighted by atomic mass is 10.1. The Balaban J connectivity index is 2.78. The molecule has 0 radical (unpaired) electrons. The molecule has 0 heterocycles. The second-order valence-electron chi connectivity index (χ2n) is 4.24. The predicted octanol–water partition coefficient (Wildman–Crippen LogP) is 3.59. The minimum Gasteiger partial charge on any atom is -0.496 e. The Bertz CT molecular complexity index is 423. The van der Waals surface area contributed by atoms with E-state index in [1.807, 2.05) is 19.9 Å². The maximum atomic E-state index is 12.1. The average molecular weight is 335 g/mol. The van der Waals surface area contributed by atoms with Crippen molar-refractivity contribution in [3.63, 3.8) is 0 Å². The summed E-state index contributed by atoms with van der Waals surface area (Å²) in [4.78, 5) is 12.1. The number of ether oxygens (including phenoxy) is 1.